The number of hydrogen-bond acceptors (Lipinski definition) is 4. The Morgan fingerprint density at radius 2 is 1.65 bits per heavy atom. The van der Waals surface area contributed by atoms with Crippen LogP contribution in [0.2, 0.25) is 0 Å². The zero-order chi connectivity index (χ0) is 23.8. The van der Waals surface area contributed by atoms with E-state index < -0.39 is 5.91 Å². The average molecular weight is 449 g/mol. The minimum atomic E-state index is -0.472. The molecule has 0 heterocycles. The molecular formula is C29H24N2O3. The van der Waals surface area contributed by atoms with Gasteiger partial charge in [0, 0.05) is 5.69 Å². The van der Waals surface area contributed by atoms with Crippen LogP contribution in [0.1, 0.15) is 18.1 Å². The van der Waals surface area contributed by atoms with Gasteiger partial charge < -0.3 is 14.8 Å². The standard InChI is InChI=1S/C29H24N2O3/c1-2-33-28-17-22(12-15-27(28)34-20-21-8-4-3-5-9-21)16-25(19-30)29(32)31-26-14-13-23-10-6-7-11-24(23)18-26/h3-18H,2,20H2,1H3,(H,31,32)/b25-16+. The van der Waals surface area contributed by atoms with Gasteiger partial charge >= 0.3 is 0 Å². The van der Waals surface area contributed by atoms with Crippen molar-refractivity contribution in [3.8, 4) is 17.6 Å². The van der Waals surface area contributed by atoms with Gasteiger partial charge in [-0.15, -0.1) is 0 Å². The Morgan fingerprint density at radius 3 is 2.41 bits per heavy atom. The Kier molecular flexibility index (Phi) is 7.22. The monoisotopic (exact) mass is 448 g/mol. The van der Waals surface area contributed by atoms with Crippen molar-refractivity contribution in [3.63, 3.8) is 0 Å². The summed E-state index contributed by atoms with van der Waals surface area (Å²) < 4.78 is 11.7. The normalized spacial score (nSPS) is 11.0. The van der Waals surface area contributed by atoms with Crippen molar-refractivity contribution in [1.82, 2.24) is 0 Å². The molecule has 4 aromatic rings. The zero-order valence-corrected chi connectivity index (χ0v) is 18.8. The molecule has 1 N–H and O–H groups in total. The summed E-state index contributed by atoms with van der Waals surface area (Å²) in [5.74, 6) is 0.682. The van der Waals surface area contributed by atoms with Gasteiger partial charge in [0.2, 0.25) is 0 Å². The van der Waals surface area contributed by atoms with Gasteiger partial charge in [0.05, 0.1) is 6.61 Å². The molecule has 1 amide bonds. The maximum Gasteiger partial charge on any atom is 0.266 e. The quantitative estimate of drug-likeness (QED) is 0.251. The number of nitriles is 1. The molecule has 0 aliphatic carbocycles. The topological polar surface area (TPSA) is 71.3 Å². The van der Waals surface area contributed by atoms with Crippen molar-refractivity contribution in [2.45, 2.75) is 13.5 Å². The van der Waals surface area contributed by atoms with Gasteiger partial charge in [0.15, 0.2) is 11.5 Å². The highest BCUT2D eigenvalue weighted by atomic mass is 16.5. The van der Waals surface area contributed by atoms with Crippen molar-refractivity contribution in [3.05, 3.63) is 108 Å². The highest BCUT2D eigenvalue weighted by Crippen LogP contribution is 2.30. The second-order valence-electron chi connectivity index (χ2n) is 7.60. The van der Waals surface area contributed by atoms with E-state index in [4.69, 9.17) is 9.47 Å². The summed E-state index contributed by atoms with van der Waals surface area (Å²) in [5.41, 5.74) is 2.34. The minimum absolute atomic E-state index is 0.00596. The van der Waals surface area contributed by atoms with Crippen molar-refractivity contribution in [2.75, 3.05) is 11.9 Å². The van der Waals surface area contributed by atoms with Gasteiger partial charge in [0.25, 0.3) is 5.91 Å². The molecule has 0 aliphatic heterocycles. The summed E-state index contributed by atoms with van der Waals surface area (Å²) in [6, 6.07) is 30.7. The first kappa shape index (κ1) is 22.6. The number of nitrogens with one attached hydrogen (secondary N) is 1. The largest absolute Gasteiger partial charge is 0.490 e. The first-order valence-electron chi connectivity index (χ1n) is 11.0. The molecule has 0 saturated heterocycles. The molecule has 0 aromatic heterocycles. The van der Waals surface area contributed by atoms with E-state index >= 15 is 0 Å². The van der Waals surface area contributed by atoms with Crippen molar-refractivity contribution in [1.29, 1.82) is 5.26 Å². The van der Waals surface area contributed by atoms with Gasteiger partial charge in [-0.1, -0.05) is 66.7 Å². The maximum absolute atomic E-state index is 12.8. The van der Waals surface area contributed by atoms with E-state index in [1.165, 1.54) is 0 Å². The number of fused-ring (bicyclic) bond motifs is 1. The number of nitrogens with zero attached hydrogens (tertiary/aromatic N) is 1. The average Bonchev–Trinajstić information content (AvgIpc) is 2.87. The first-order chi connectivity index (χ1) is 16.7. The number of rotatable bonds is 8. The minimum Gasteiger partial charge on any atom is -0.490 e. The number of ether oxygens (including phenoxy) is 2. The number of benzene rings is 4. The summed E-state index contributed by atoms with van der Waals surface area (Å²) in [6.45, 7) is 2.76. The van der Waals surface area contributed by atoms with E-state index in [2.05, 4.69) is 5.32 Å². The van der Waals surface area contributed by atoms with Crippen LogP contribution in [0.4, 0.5) is 5.69 Å². The predicted molar refractivity (Wildman–Crippen MR) is 135 cm³/mol. The third-order valence-electron chi connectivity index (χ3n) is 5.19. The van der Waals surface area contributed by atoms with Crippen molar-refractivity contribution >= 4 is 28.4 Å². The maximum atomic E-state index is 12.8. The van der Waals surface area contributed by atoms with Crippen molar-refractivity contribution in [2.24, 2.45) is 0 Å². The molecular weight excluding hydrogens is 424 g/mol. The predicted octanol–water partition coefficient (Wildman–Crippen LogP) is 6.36. The Balaban J connectivity index is 1.52. The van der Waals surface area contributed by atoms with E-state index in [1.807, 2.05) is 85.8 Å². The van der Waals surface area contributed by atoms with Crippen LogP contribution in [0.25, 0.3) is 16.8 Å². The molecule has 0 spiro atoms. The lowest BCUT2D eigenvalue weighted by Crippen LogP contribution is -2.13. The first-order valence-corrected chi connectivity index (χ1v) is 11.0. The van der Waals surface area contributed by atoms with Crippen LogP contribution < -0.4 is 14.8 Å². The second kappa shape index (κ2) is 10.8. The Labute approximate surface area is 198 Å². The summed E-state index contributed by atoms with van der Waals surface area (Å²) in [7, 11) is 0. The highest BCUT2D eigenvalue weighted by molar-refractivity contribution is 6.10. The van der Waals surface area contributed by atoms with Crippen LogP contribution in [-0.4, -0.2) is 12.5 Å². The molecule has 5 heteroatoms. The summed E-state index contributed by atoms with van der Waals surface area (Å²) >= 11 is 0. The van der Waals surface area contributed by atoms with Crippen LogP contribution in [-0.2, 0) is 11.4 Å². The fraction of sp³-hybridized carbons (Fsp3) is 0.103. The number of anilines is 1. The molecule has 4 aromatic carbocycles. The third-order valence-corrected chi connectivity index (χ3v) is 5.19. The van der Waals surface area contributed by atoms with Crippen LogP contribution in [0.15, 0.2) is 96.6 Å². The molecule has 0 atom stereocenters. The lowest BCUT2D eigenvalue weighted by Gasteiger charge is -2.13. The van der Waals surface area contributed by atoms with Crippen LogP contribution >= 0.6 is 0 Å². The third kappa shape index (κ3) is 5.62. The molecule has 0 radical (unpaired) electrons. The lowest BCUT2D eigenvalue weighted by molar-refractivity contribution is -0.112. The number of hydrogen-bond donors (Lipinski definition) is 1. The SMILES string of the molecule is CCOc1cc(/C=C(\C#N)C(=O)Nc2ccc3ccccc3c2)ccc1OCc1ccccc1. The van der Waals surface area contributed by atoms with Gasteiger partial charge in [-0.2, -0.15) is 5.26 Å². The number of amides is 1. The lowest BCUT2D eigenvalue weighted by atomic mass is 10.1. The van der Waals surface area contributed by atoms with Crippen molar-refractivity contribution < 1.29 is 14.3 Å². The van der Waals surface area contributed by atoms with E-state index in [1.54, 1.807) is 24.3 Å². The van der Waals surface area contributed by atoms with E-state index in [9.17, 15) is 10.1 Å². The van der Waals surface area contributed by atoms with Gasteiger partial charge in [-0.3, -0.25) is 4.79 Å². The molecule has 0 aliphatic rings. The Morgan fingerprint density at radius 1 is 0.882 bits per heavy atom. The molecule has 0 bridgehead atoms. The second-order valence-corrected chi connectivity index (χ2v) is 7.60. The Hall–Kier alpha value is -4.56. The fourth-order valence-corrected chi connectivity index (χ4v) is 3.52. The molecule has 0 saturated carbocycles. The Bertz CT molecular complexity index is 1370. The molecule has 0 unspecified atom stereocenters. The van der Waals surface area contributed by atoms with Crippen LogP contribution in [0.5, 0.6) is 11.5 Å². The van der Waals surface area contributed by atoms with E-state index in [0.29, 0.717) is 36.0 Å². The molecule has 34 heavy (non-hydrogen) atoms. The molecule has 4 rings (SSSR count). The van der Waals surface area contributed by atoms with Gasteiger partial charge in [-0.25, -0.2) is 0 Å². The van der Waals surface area contributed by atoms with Crippen LogP contribution in [0.3, 0.4) is 0 Å². The zero-order valence-electron chi connectivity index (χ0n) is 18.8. The summed E-state index contributed by atoms with van der Waals surface area (Å²) in [5, 5.41) is 14.5. The van der Waals surface area contributed by atoms with Gasteiger partial charge in [-0.05, 0) is 59.2 Å². The highest BCUT2D eigenvalue weighted by Gasteiger charge is 2.12. The number of carbonyl (C=O) groups excluding carboxylic acids is 1. The molecule has 0 fully saturated rings. The van der Waals surface area contributed by atoms with E-state index in [0.717, 1.165) is 16.3 Å². The fourth-order valence-electron chi connectivity index (χ4n) is 3.52. The number of carbonyl (C=O) groups is 1. The molecule has 168 valence electrons. The van der Waals surface area contributed by atoms with Crippen LogP contribution in [0, 0.1) is 11.3 Å². The van der Waals surface area contributed by atoms with Gasteiger partial charge in [0.1, 0.15) is 18.2 Å². The summed E-state index contributed by atoms with van der Waals surface area (Å²) in [6.07, 6.45) is 1.54. The smallest absolute Gasteiger partial charge is 0.266 e. The summed E-state index contributed by atoms with van der Waals surface area (Å²) in [4.78, 5) is 12.8. The molecule has 5 nitrogen and oxygen atoms in total. The van der Waals surface area contributed by atoms with E-state index in [-0.39, 0.29) is 5.57 Å².